The normalized spacial score (nSPS) is 19.6. The standard InChI is InChI=1S/C19H27F2N5S/c20-17-15(12-23-24-19(22)27)6-7-16(18(17)21)26-10-8-25(9-11-26)13-14-4-2-1-3-5-14/h6-7,12,14H,1-5,8-11,13H2,(H3,22,24,27)/b23-12+. The molecule has 8 heteroatoms. The van der Waals surface area contributed by atoms with Crippen LogP contribution in [0.1, 0.15) is 37.7 Å². The van der Waals surface area contributed by atoms with Gasteiger partial charge in [-0.15, -0.1) is 0 Å². The first-order chi connectivity index (χ1) is 13.0. The molecule has 3 N–H and O–H groups in total. The van der Waals surface area contributed by atoms with Crippen molar-refractivity contribution >= 4 is 29.2 Å². The average Bonchev–Trinajstić information content (AvgIpc) is 2.67. The summed E-state index contributed by atoms with van der Waals surface area (Å²) in [7, 11) is 0. The number of piperazine rings is 1. The van der Waals surface area contributed by atoms with E-state index in [2.05, 4.69) is 27.6 Å². The monoisotopic (exact) mass is 395 g/mol. The van der Waals surface area contributed by atoms with Gasteiger partial charge in [0.2, 0.25) is 0 Å². The van der Waals surface area contributed by atoms with Gasteiger partial charge in [0.25, 0.3) is 0 Å². The Kier molecular flexibility index (Phi) is 6.95. The van der Waals surface area contributed by atoms with Crippen LogP contribution in [0.4, 0.5) is 14.5 Å². The Hall–Kier alpha value is -1.80. The summed E-state index contributed by atoms with van der Waals surface area (Å²) in [6.07, 6.45) is 7.88. The van der Waals surface area contributed by atoms with Crippen molar-refractivity contribution in [2.24, 2.45) is 16.8 Å². The smallest absolute Gasteiger partial charge is 0.184 e. The van der Waals surface area contributed by atoms with Gasteiger partial charge in [-0.25, -0.2) is 8.78 Å². The van der Waals surface area contributed by atoms with Crippen LogP contribution in [0.15, 0.2) is 17.2 Å². The van der Waals surface area contributed by atoms with Gasteiger partial charge in [-0.3, -0.25) is 10.3 Å². The lowest BCUT2D eigenvalue weighted by Gasteiger charge is -2.38. The molecule has 0 bridgehead atoms. The lowest BCUT2D eigenvalue weighted by Crippen LogP contribution is -2.48. The molecule has 1 aliphatic heterocycles. The molecule has 0 radical (unpaired) electrons. The Morgan fingerprint density at radius 1 is 1.15 bits per heavy atom. The Morgan fingerprint density at radius 2 is 1.85 bits per heavy atom. The van der Waals surface area contributed by atoms with Crippen LogP contribution >= 0.6 is 12.2 Å². The molecular weight excluding hydrogens is 368 g/mol. The SMILES string of the molecule is NC(=S)N/N=C/c1ccc(N2CCN(CC3CCCCC3)CC2)c(F)c1F. The summed E-state index contributed by atoms with van der Waals surface area (Å²) in [6.45, 7) is 4.33. The minimum Gasteiger partial charge on any atom is -0.375 e. The number of benzene rings is 1. The molecule has 0 aromatic heterocycles. The average molecular weight is 396 g/mol. The number of anilines is 1. The molecule has 1 aliphatic carbocycles. The van der Waals surface area contributed by atoms with E-state index in [1.54, 1.807) is 6.07 Å². The van der Waals surface area contributed by atoms with Gasteiger partial charge in [-0.05, 0) is 43.1 Å². The second-order valence-corrected chi connectivity index (χ2v) is 7.77. The summed E-state index contributed by atoms with van der Waals surface area (Å²) < 4.78 is 28.9. The van der Waals surface area contributed by atoms with Crippen LogP contribution < -0.4 is 16.1 Å². The fourth-order valence-corrected chi connectivity index (χ4v) is 4.02. The van der Waals surface area contributed by atoms with Crippen molar-refractivity contribution in [1.82, 2.24) is 10.3 Å². The largest absolute Gasteiger partial charge is 0.375 e. The van der Waals surface area contributed by atoms with Crippen molar-refractivity contribution < 1.29 is 8.78 Å². The number of halogens is 2. The predicted molar refractivity (Wildman–Crippen MR) is 109 cm³/mol. The third-order valence-corrected chi connectivity index (χ3v) is 5.52. The van der Waals surface area contributed by atoms with Crippen LogP contribution in [0, 0.1) is 17.6 Å². The fraction of sp³-hybridized carbons (Fsp3) is 0.579. The van der Waals surface area contributed by atoms with Gasteiger partial charge in [0.1, 0.15) is 0 Å². The van der Waals surface area contributed by atoms with Gasteiger partial charge in [0.15, 0.2) is 16.7 Å². The van der Waals surface area contributed by atoms with Crippen molar-refractivity contribution in [3.8, 4) is 0 Å². The van der Waals surface area contributed by atoms with E-state index >= 15 is 0 Å². The first kappa shape index (κ1) is 19.9. The molecule has 148 valence electrons. The van der Waals surface area contributed by atoms with Crippen LogP contribution in [0.2, 0.25) is 0 Å². The first-order valence-electron chi connectivity index (χ1n) is 9.58. The van der Waals surface area contributed by atoms with Crippen molar-refractivity contribution in [2.45, 2.75) is 32.1 Å². The summed E-state index contributed by atoms with van der Waals surface area (Å²) in [5.74, 6) is -0.950. The molecule has 1 saturated heterocycles. The van der Waals surface area contributed by atoms with E-state index in [1.807, 2.05) is 4.90 Å². The van der Waals surface area contributed by atoms with Crippen LogP contribution in [-0.4, -0.2) is 49.0 Å². The zero-order chi connectivity index (χ0) is 19.2. The van der Waals surface area contributed by atoms with Crippen molar-refractivity contribution in [3.05, 3.63) is 29.3 Å². The van der Waals surface area contributed by atoms with Gasteiger partial charge in [0, 0.05) is 38.3 Å². The maximum Gasteiger partial charge on any atom is 0.184 e. The molecule has 1 saturated carbocycles. The highest BCUT2D eigenvalue weighted by molar-refractivity contribution is 7.80. The number of rotatable bonds is 5. The summed E-state index contributed by atoms with van der Waals surface area (Å²) in [5, 5.41) is 3.65. The number of hydrogen-bond donors (Lipinski definition) is 2. The van der Waals surface area contributed by atoms with E-state index in [1.165, 1.54) is 44.4 Å². The first-order valence-corrected chi connectivity index (χ1v) is 9.99. The Balaban J connectivity index is 1.58. The van der Waals surface area contributed by atoms with E-state index in [0.29, 0.717) is 18.8 Å². The second-order valence-electron chi connectivity index (χ2n) is 7.33. The Labute approximate surface area is 164 Å². The maximum absolute atomic E-state index is 14.5. The molecular formula is C19H27F2N5S. The molecule has 0 spiro atoms. The number of nitrogens with one attached hydrogen (secondary N) is 1. The Morgan fingerprint density at radius 3 is 2.52 bits per heavy atom. The summed E-state index contributed by atoms with van der Waals surface area (Å²) >= 11 is 4.61. The number of nitrogens with zero attached hydrogens (tertiary/aromatic N) is 3. The van der Waals surface area contributed by atoms with E-state index in [4.69, 9.17) is 5.73 Å². The quantitative estimate of drug-likeness (QED) is 0.456. The molecule has 0 amide bonds. The number of hydrogen-bond acceptors (Lipinski definition) is 4. The zero-order valence-corrected chi connectivity index (χ0v) is 16.3. The molecule has 27 heavy (non-hydrogen) atoms. The third kappa shape index (κ3) is 5.35. The van der Waals surface area contributed by atoms with Gasteiger partial charge in [0.05, 0.1) is 11.9 Å². The fourth-order valence-electron chi connectivity index (χ4n) is 3.97. The molecule has 1 aromatic carbocycles. The number of thiocarbonyl (C=S) groups is 1. The van der Waals surface area contributed by atoms with E-state index < -0.39 is 11.6 Å². The number of nitrogens with two attached hydrogens (primary N) is 1. The van der Waals surface area contributed by atoms with E-state index in [9.17, 15) is 8.78 Å². The topological polar surface area (TPSA) is 56.9 Å². The third-order valence-electron chi connectivity index (χ3n) is 5.42. The van der Waals surface area contributed by atoms with Crippen molar-refractivity contribution in [1.29, 1.82) is 0 Å². The summed E-state index contributed by atoms with van der Waals surface area (Å²) in [6, 6.07) is 3.13. The lowest BCUT2D eigenvalue weighted by atomic mass is 9.89. The van der Waals surface area contributed by atoms with E-state index in [-0.39, 0.29) is 10.7 Å². The van der Waals surface area contributed by atoms with Crippen molar-refractivity contribution in [3.63, 3.8) is 0 Å². The highest BCUT2D eigenvalue weighted by Gasteiger charge is 2.24. The highest BCUT2D eigenvalue weighted by Crippen LogP contribution is 2.27. The van der Waals surface area contributed by atoms with Crippen molar-refractivity contribution in [2.75, 3.05) is 37.6 Å². The van der Waals surface area contributed by atoms with Crippen LogP contribution in [0.25, 0.3) is 0 Å². The highest BCUT2D eigenvalue weighted by atomic mass is 32.1. The second kappa shape index (κ2) is 9.41. The lowest BCUT2D eigenvalue weighted by molar-refractivity contribution is 0.191. The van der Waals surface area contributed by atoms with Crippen LogP contribution in [-0.2, 0) is 0 Å². The van der Waals surface area contributed by atoms with Gasteiger partial charge in [-0.2, -0.15) is 5.10 Å². The molecule has 2 aliphatic rings. The zero-order valence-electron chi connectivity index (χ0n) is 15.5. The van der Waals surface area contributed by atoms with Crippen LogP contribution in [0.5, 0.6) is 0 Å². The molecule has 2 fully saturated rings. The summed E-state index contributed by atoms with van der Waals surface area (Å²) in [5.41, 5.74) is 7.94. The Bertz CT molecular complexity index is 683. The summed E-state index contributed by atoms with van der Waals surface area (Å²) in [4.78, 5) is 4.38. The molecule has 5 nitrogen and oxygen atoms in total. The minimum absolute atomic E-state index is 0.0325. The molecule has 1 heterocycles. The van der Waals surface area contributed by atoms with Crippen LogP contribution in [0.3, 0.4) is 0 Å². The minimum atomic E-state index is -0.911. The van der Waals surface area contributed by atoms with Gasteiger partial charge in [-0.1, -0.05) is 19.3 Å². The predicted octanol–water partition coefficient (Wildman–Crippen LogP) is 2.83. The van der Waals surface area contributed by atoms with Gasteiger partial charge >= 0.3 is 0 Å². The molecule has 1 aromatic rings. The maximum atomic E-state index is 14.5. The molecule has 0 unspecified atom stereocenters. The van der Waals surface area contributed by atoms with E-state index in [0.717, 1.165) is 25.6 Å². The number of hydrazone groups is 1. The molecule has 0 atom stereocenters. The molecule has 3 rings (SSSR count). The van der Waals surface area contributed by atoms with Gasteiger partial charge < -0.3 is 10.6 Å².